The molecule has 0 saturated heterocycles. The van der Waals surface area contributed by atoms with Crippen molar-refractivity contribution < 1.29 is 4.79 Å². The molecular formula is C11H19N3O. The fourth-order valence-corrected chi connectivity index (χ4v) is 0.943. The van der Waals surface area contributed by atoms with Gasteiger partial charge in [-0.25, -0.2) is 10.2 Å². The Kier molecular flexibility index (Phi) is 6.09. The summed E-state index contributed by atoms with van der Waals surface area (Å²) < 4.78 is 0. The lowest BCUT2D eigenvalue weighted by Crippen LogP contribution is -2.25. The molecule has 15 heavy (non-hydrogen) atoms. The van der Waals surface area contributed by atoms with E-state index in [4.69, 9.17) is 5.73 Å². The quantitative estimate of drug-likeness (QED) is 0.407. The van der Waals surface area contributed by atoms with E-state index in [1.807, 2.05) is 20.8 Å². The Morgan fingerprint density at radius 2 is 2.13 bits per heavy atom. The molecular weight excluding hydrogens is 190 g/mol. The predicted molar refractivity (Wildman–Crippen MR) is 63.6 cm³/mol. The third-order valence-corrected chi connectivity index (χ3v) is 1.84. The topological polar surface area (TPSA) is 67.5 Å². The molecule has 0 aromatic heterocycles. The molecule has 3 N–H and O–H groups in total. The lowest BCUT2D eigenvalue weighted by atomic mass is 9.98. The molecule has 4 nitrogen and oxygen atoms in total. The van der Waals surface area contributed by atoms with Gasteiger partial charge in [0, 0.05) is 12.1 Å². The maximum Gasteiger partial charge on any atom is 0.332 e. The van der Waals surface area contributed by atoms with Crippen molar-refractivity contribution in [1.29, 1.82) is 0 Å². The smallest absolute Gasteiger partial charge is 0.332 e. The monoisotopic (exact) mass is 209 g/mol. The van der Waals surface area contributed by atoms with Crippen LogP contribution in [0.5, 0.6) is 0 Å². The highest BCUT2D eigenvalue weighted by Crippen LogP contribution is 2.12. The highest BCUT2D eigenvalue weighted by Gasteiger charge is 2.04. The van der Waals surface area contributed by atoms with E-state index in [9.17, 15) is 4.79 Å². The fourth-order valence-electron chi connectivity index (χ4n) is 0.943. The second-order valence-electron chi connectivity index (χ2n) is 3.72. The van der Waals surface area contributed by atoms with Crippen LogP contribution in [0, 0.1) is 5.92 Å². The molecule has 0 aliphatic heterocycles. The van der Waals surface area contributed by atoms with Gasteiger partial charge in [0.15, 0.2) is 0 Å². The number of urea groups is 1. The van der Waals surface area contributed by atoms with Crippen LogP contribution in [0.4, 0.5) is 4.79 Å². The number of hydrogen-bond acceptors (Lipinski definition) is 2. The first-order chi connectivity index (χ1) is 6.93. The maximum atomic E-state index is 10.4. The fraction of sp³-hybridized carbons (Fsp3) is 0.455. The Bertz CT molecular complexity index is 288. The summed E-state index contributed by atoms with van der Waals surface area (Å²) in [7, 11) is 0. The largest absolute Gasteiger partial charge is 0.350 e. The molecule has 0 heterocycles. The second-order valence-corrected chi connectivity index (χ2v) is 3.72. The van der Waals surface area contributed by atoms with E-state index < -0.39 is 6.03 Å². The molecule has 0 aliphatic rings. The Morgan fingerprint density at radius 3 is 2.53 bits per heavy atom. The number of allylic oxidation sites excluding steroid dienone is 3. The van der Waals surface area contributed by atoms with Gasteiger partial charge in [0.05, 0.1) is 0 Å². The molecule has 0 aromatic carbocycles. The lowest BCUT2D eigenvalue weighted by molar-refractivity contribution is 0.249. The van der Waals surface area contributed by atoms with Crippen LogP contribution in [-0.2, 0) is 0 Å². The van der Waals surface area contributed by atoms with Gasteiger partial charge < -0.3 is 5.73 Å². The Morgan fingerprint density at radius 1 is 1.53 bits per heavy atom. The van der Waals surface area contributed by atoms with Gasteiger partial charge in [-0.1, -0.05) is 23.8 Å². The molecule has 0 aromatic rings. The first-order valence-electron chi connectivity index (χ1n) is 4.81. The van der Waals surface area contributed by atoms with Gasteiger partial charge in [0.2, 0.25) is 0 Å². The first-order valence-corrected chi connectivity index (χ1v) is 4.81. The molecule has 1 atom stereocenters. The molecule has 0 aliphatic carbocycles. The number of hydrogen-bond donors (Lipinski definition) is 2. The minimum absolute atomic E-state index is 0.131. The summed E-state index contributed by atoms with van der Waals surface area (Å²) in [4.78, 5) is 10.4. The summed E-state index contributed by atoms with van der Waals surface area (Å²) in [5.41, 5.74) is 9.29. The highest BCUT2D eigenvalue weighted by atomic mass is 16.2. The number of nitrogens with zero attached hydrogens (tertiary/aromatic N) is 1. The van der Waals surface area contributed by atoms with Gasteiger partial charge in [-0.3, -0.25) is 0 Å². The van der Waals surface area contributed by atoms with Crippen LogP contribution >= 0.6 is 0 Å². The average molecular weight is 209 g/mol. The van der Waals surface area contributed by atoms with Crippen molar-refractivity contribution in [3.8, 4) is 0 Å². The molecule has 0 radical (unpaired) electrons. The van der Waals surface area contributed by atoms with Crippen LogP contribution in [-0.4, -0.2) is 12.2 Å². The first kappa shape index (κ1) is 13.4. The average Bonchev–Trinajstić information content (AvgIpc) is 2.09. The van der Waals surface area contributed by atoms with Crippen LogP contribution < -0.4 is 11.2 Å². The van der Waals surface area contributed by atoms with Gasteiger partial charge in [0.1, 0.15) is 0 Å². The molecule has 0 saturated carbocycles. The summed E-state index contributed by atoms with van der Waals surface area (Å²) in [6.07, 6.45) is 4.59. The number of primary amides is 1. The van der Waals surface area contributed by atoms with E-state index in [0.717, 1.165) is 12.0 Å². The van der Waals surface area contributed by atoms with Gasteiger partial charge in [0.25, 0.3) is 0 Å². The van der Waals surface area contributed by atoms with Crippen LogP contribution in [0.25, 0.3) is 0 Å². The van der Waals surface area contributed by atoms with Crippen LogP contribution in [0.1, 0.15) is 27.2 Å². The number of hydrazone groups is 1. The van der Waals surface area contributed by atoms with Crippen molar-refractivity contribution in [2.24, 2.45) is 16.8 Å². The number of amides is 2. The molecule has 0 fully saturated rings. The molecule has 1 unspecified atom stereocenters. The van der Waals surface area contributed by atoms with Crippen molar-refractivity contribution in [1.82, 2.24) is 5.43 Å². The third kappa shape index (κ3) is 7.49. The van der Waals surface area contributed by atoms with Gasteiger partial charge in [-0.15, -0.1) is 0 Å². The van der Waals surface area contributed by atoms with E-state index in [-0.39, 0.29) is 5.92 Å². The molecule has 2 amide bonds. The van der Waals surface area contributed by atoms with Crippen LogP contribution in [0.2, 0.25) is 0 Å². The number of rotatable bonds is 5. The number of carbonyl (C=O) groups excluding carboxylic acids is 1. The zero-order valence-electron chi connectivity index (χ0n) is 9.58. The normalized spacial score (nSPS) is 12.2. The minimum Gasteiger partial charge on any atom is -0.350 e. The zero-order chi connectivity index (χ0) is 11.8. The Hall–Kier alpha value is -1.58. The van der Waals surface area contributed by atoms with Crippen molar-refractivity contribution in [2.75, 3.05) is 0 Å². The van der Waals surface area contributed by atoms with Gasteiger partial charge >= 0.3 is 6.03 Å². The second kappa shape index (κ2) is 6.81. The van der Waals surface area contributed by atoms with Crippen molar-refractivity contribution >= 4 is 12.2 Å². The van der Waals surface area contributed by atoms with Gasteiger partial charge in [-0.2, -0.15) is 5.10 Å². The summed E-state index contributed by atoms with van der Waals surface area (Å²) in [6.45, 7) is 9.87. The number of carbonyl (C=O) groups is 1. The Balaban J connectivity index is 4.28. The Labute approximate surface area is 90.9 Å². The number of nitrogens with one attached hydrogen (secondary N) is 1. The summed E-state index contributed by atoms with van der Waals surface area (Å²) in [6, 6.07) is -0.658. The lowest BCUT2D eigenvalue weighted by Gasteiger charge is -2.08. The van der Waals surface area contributed by atoms with Crippen molar-refractivity contribution in [3.63, 3.8) is 0 Å². The SMILES string of the molecule is C=C(C)C(C=NNC(N)=O)CC=C(C)C. The predicted octanol–water partition coefficient (Wildman–Crippen LogP) is 2.19. The highest BCUT2D eigenvalue weighted by molar-refractivity contribution is 5.73. The van der Waals surface area contributed by atoms with Crippen LogP contribution in [0.3, 0.4) is 0 Å². The van der Waals surface area contributed by atoms with E-state index in [0.29, 0.717) is 0 Å². The van der Waals surface area contributed by atoms with Crippen molar-refractivity contribution in [2.45, 2.75) is 27.2 Å². The molecule has 0 spiro atoms. The van der Waals surface area contributed by atoms with E-state index >= 15 is 0 Å². The van der Waals surface area contributed by atoms with Gasteiger partial charge in [-0.05, 0) is 27.2 Å². The van der Waals surface area contributed by atoms with E-state index in [1.165, 1.54) is 5.57 Å². The zero-order valence-corrected chi connectivity index (χ0v) is 9.58. The summed E-state index contributed by atoms with van der Waals surface area (Å²) in [5.74, 6) is 0.131. The van der Waals surface area contributed by atoms with Crippen molar-refractivity contribution in [3.05, 3.63) is 23.8 Å². The van der Waals surface area contributed by atoms with Crippen LogP contribution in [0.15, 0.2) is 28.9 Å². The molecule has 0 rings (SSSR count). The third-order valence-electron chi connectivity index (χ3n) is 1.84. The summed E-state index contributed by atoms with van der Waals surface area (Å²) >= 11 is 0. The van der Waals surface area contributed by atoms with E-state index in [2.05, 4.69) is 23.2 Å². The summed E-state index contributed by atoms with van der Waals surface area (Å²) in [5, 5.41) is 3.73. The number of nitrogens with two attached hydrogens (primary N) is 1. The molecule has 0 bridgehead atoms. The maximum absolute atomic E-state index is 10.4. The standard InChI is InChI=1S/C11H19N3O/c1-8(2)5-6-10(9(3)4)7-13-14-11(12)15/h5,7,10H,3,6H2,1-2,4H3,(H3,12,14,15). The molecule has 84 valence electrons. The van der Waals surface area contributed by atoms with E-state index in [1.54, 1.807) is 6.21 Å². The minimum atomic E-state index is -0.658. The molecule has 4 heteroatoms.